The molecule has 1 aromatic carbocycles. The highest BCUT2D eigenvalue weighted by Crippen LogP contribution is 2.29. The Morgan fingerprint density at radius 1 is 1.19 bits per heavy atom. The molecule has 1 fully saturated rings. The first-order chi connectivity index (χ1) is 12.7. The summed E-state index contributed by atoms with van der Waals surface area (Å²) in [6.45, 7) is 4.12. The number of aromatic nitrogens is 4. The van der Waals surface area contributed by atoms with E-state index >= 15 is 0 Å². The van der Waals surface area contributed by atoms with Crippen LogP contribution < -0.4 is 10.9 Å². The lowest BCUT2D eigenvalue weighted by Gasteiger charge is -2.20. The van der Waals surface area contributed by atoms with Crippen molar-refractivity contribution in [2.45, 2.75) is 38.3 Å². The molecule has 1 N–H and O–H groups in total. The van der Waals surface area contributed by atoms with Crippen molar-refractivity contribution >= 4 is 11.5 Å². The fraction of sp³-hybridized carbons (Fsp3) is 0.421. The summed E-state index contributed by atoms with van der Waals surface area (Å²) in [5, 5.41) is 8.11. The van der Waals surface area contributed by atoms with Crippen molar-refractivity contribution in [2.75, 3.05) is 18.5 Å². The van der Waals surface area contributed by atoms with Gasteiger partial charge in [0.2, 0.25) is 5.95 Å². The SMILES string of the molecule is Cc1ccc([C@H]2Cn3c(nn4c(C5CCOCC5)ncc4c3=O)N2)cc1. The van der Waals surface area contributed by atoms with Crippen LogP contribution in [0.5, 0.6) is 0 Å². The minimum absolute atomic E-state index is 0.0390. The molecule has 7 heteroatoms. The average Bonchev–Trinajstić information content (AvgIpc) is 3.28. The number of ether oxygens (including phenoxy) is 1. The van der Waals surface area contributed by atoms with E-state index < -0.39 is 0 Å². The average molecular weight is 351 g/mol. The van der Waals surface area contributed by atoms with Crippen molar-refractivity contribution in [3.63, 3.8) is 0 Å². The molecular weight excluding hydrogens is 330 g/mol. The molecule has 5 rings (SSSR count). The number of rotatable bonds is 2. The first-order valence-electron chi connectivity index (χ1n) is 9.10. The van der Waals surface area contributed by atoms with Gasteiger partial charge in [0, 0.05) is 19.1 Å². The van der Waals surface area contributed by atoms with Crippen LogP contribution in [0.1, 0.15) is 41.8 Å². The van der Waals surface area contributed by atoms with E-state index in [4.69, 9.17) is 9.84 Å². The molecule has 0 aliphatic carbocycles. The van der Waals surface area contributed by atoms with Gasteiger partial charge in [0.05, 0.1) is 18.8 Å². The van der Waals surface area contributed by atoms with E-state index in [1.807, 2.05) is 0 Å². The second kappa shape index (κ2) is 5.95. The van der Waals surface area contributed by atoms with Crippen LogP contribution in [0.2, 0.25) is 0 Å². The molecule has 2 aliphatic rings. The summed E-state index contributed by atoms with van der Waals surface area (Å²) < 4.78 is 8.89. The largest absolute Gasteiger partial charge is 0.381 e. The summed E-state index contributed by atoms with van der Waals surface area (Å²) in [5.74, 6) is 1.76. The third-order valence-corrected chi connectivity index (χ3v) is 5.41. The Morgan fingerprint density at radius 3 is 2.73 bits per heavy atom. The van der Waals surface area contributed by atoms with Crippen molar-refractivity contribution in [3.05, 3.63) is 57.8 Å². The van der Waals surface area contributed by atoms with E-state index in [0.29, 0.717) is 18.0 Å². The van der Waals surface area contributed by atoms with Gasteiger partial charge in [0.15, 0.2) is 5.52 Å². The quantitative estimate of drug-likeness (QED) is 0.767. The maximum absolute atomic E-state index is 12.9. The topological polar surface area (TPSA) is 73.5 Å². The monoisotopic (exact) mass is 351 g/mol. The Bertz CT molecular complexity index is 1010. The molecule has 0 unspecified atom stereocenters. The van der Waals surface area contributed by atoms with Crippen LogP contribution in [-0.2, 0) is 11.3 Å². The maximum Gasteiger partial charge on any atom is 0.281 e. The summed E-state index contributed by atoms with van der Waals surface area (Å²) in [5.41, 5.74) is 2.89. The van der Waals surface area contributed by atoms with E-state index in [9.17, 15) is 4.79 Å². The number of aryl methyl sites for hydroxylation is 1. The predicted octanol–water partition coefficient (Wildman–Crippen LogP) is 2.26. The van der Waals surface area contributed by atoms with Crippen LogP contribution in [0, 0.1) is 6.92 Å². The van der Waals surface area contributed by atoms with Crippen LogP contribution in [0.25, 0.3) is 5.52 Å². The minimum Gasteiger partial charge on any atom is -0.381 e. The lowest BCUT2D eigenvalue weighted by molar-refractivity contribution is 0.0832. The highest BCUT2D eigenvalue weighted by atomic mass is 16.5. The zero-order valence-electron chi connectivity index (χ0n) is 14.7. The molecule has 7 nitrogen and oxygen atoms in total. The van der Waals surface area contributed by atoms with E-state index in [0.717, 1.165) is 37.4 Å². The molecule has 0 bridgehead atoms. The third kappa shape index (κ3) is 2.42. The fourth-order valence-electron chi connectivity index (χ4n) is 3.88. The van der Waals surface area contributed by atoms with Crippen molar-refractivity contribution in [2.24, 2.45) is 0 Å². The number of benzene rings is 1. The number of nitrogens with zero attached hydrogens (tertiary/aromatic N) is 4. The molecule has 1 saturated heterocycles. The number of imidazole rings is 1. The van der Waals surface area contributed by atoms with E-state index in [2.05, 4.69) is 41.5 Å². The molecule has 134 valence electrons. The van der Waals surface area contributed by atoms with Gasteiger partial charge >= 0.3 is 0 Å². The molecule has 0 saturated carbocycles. The Hall–Kier alpha value is -2.67. The normalized spacial score (nSPS) is 20.3. The Kier molecular flexibility index (Phi) is 3.56. The third-order valence-electron chi connectivity index (χ3n) is 5.41. The second-order valence-electron chi connectivity index (χ2n) is 7.15. The number of anilines is 1. The number of nitrogens with one attached hydrogen (secondary N) is 1. The molecular formula is C19H21N5O2. The summed E-state index contributed by atoms with van der Waals surface area (Å²) in [6, 6.07) is 8.45. The molecule has 0 spiro atoms. The van der Waals surface area contributed by atoms with E-state index in [1.165, 1.54) is 5.56 Å². The number of hydrogen-bond acceptors (Lipinski definition) is 5. The van der Waals surface area contributed by atoms with Gasteiger partial charge in [-0.1, -0.05) is 29.8 Å². The van der Waals surface area contributed by atoms with Crippen molar-refractivity contribution < 1.29 is 4.74 Å². The lowest BCUT2D eigenvalue weighted by Crippen LogP contribution is -2.23. The van der Waals surface area contributed by atoms with E-state index in [1.54, 1.807) is 15.3 Å². The molecule has 3 aromatic rings. The van der Waals surface area contributed by atoms with Crippen molar-refractivity contribution in [3.8, 4) is 0 Å². The highest BCUT2D eigenvalue weighted by Gasteiger charge is 2.28. The fourth-order valence-corrected chi connectivity index (χ4v) is 3.88. The Balaban J connectivity index is 1.54. The highest BCUT2D eigenvalue weighted by molar-refractivity contribution is 5.48. The molecule has 0 amide bonds. The standard InChI is InChI=1S/C19H21N5O2/c1-12-2-4-13(5-3-12)15-11-23-18(25)16-10-20-17(14-6-8-26-9-7-14)24(16)22-19(23)21-15/h2-5,10,14-15H,6-9,11H2,1H3,(H,21,22)/t15-/m1/s1. The van der Waals surface area contributed by atoms with Gasteiger partial charge in [-0.05, 0) is 25.3 Å². The van der Waals surface area contributed by atoms with Gasteiger partial charge in [0.1, 0.15) is 5.82 Å². The van der Waals surface area contributed by atoms with Crippen LogP contribution in [-0.4, -0.2) is 32.4 Å². The first kappa shape index (κ1) is 15.6. The van der Waals surface area contributed by atoms with Gasteiger partial charge in [0.25, 0.3) is 5.56 Å². The van der Waals surface area contributed by atoms with Crippen LogP contribution in [0.3, 0.4) is 0 Å². The Labute approximate surface area is 150 Å². The molecule has 4 heterocycles. The number of hydrogen-bond donors (Lipinski definition) is 1. The minimum atomic E-state index is -0.0390. The molecule has 1 atom stereocenters. The Morgan fingerprint density at radius 2 is 1.96 bits per heavy atom. The zero-order valence-corrected chi connectivity index (χ0v) is 14.7. The predicted molar refractivity (Wildman–Crippen MR) is 97.6 cm³/mol. The number of fused-ring (bicyclic) bond motifs is 2. The maximum atomic E-state index is 12.9. The van der Waals surface area contributed by atoms with Crippen LogP contribution >= 0.6 is 0 Å². The van der Waals surface area contributed by atoms with Crippen molar-refractivity contribution in [1.29, 1.82) is 0 Å². The first-order valence-corrected chi connectivity index (χ1v) is 9.10. The molecule has 26 heavy (non-hydrogen) atoms. The van der Waals surface area contributed by atoms with Crippen LogP contribution in [0.15, 0.2) is 35.3 Å². The molecule has 2 aliphatic heterocycles. The lowest BCUT2D eigenvalue weighted by atomic mass is 10.00. The summed E-state index contributed by atoms with van der Waals surface area (Å²) in [6.07, 6.45) is 3.49. The summed E-state index contributed by atoms with van der Waals surface area (Å²) in [4.78, 5) is 17.5. The van der Waals surface area contributed by atoms with Gasteiger partial charge in [-0.2, -0.15) is 0 Å². The van der Waals surface area contributed by atoms with Gasteiger partial charge in [-0.15, -0.1) is 5.10 Å². The second-order valence-corrected chi connectivity index (χ2v) is 7.15. The zero-order chi connectivity index (χ0) is 17.7. The smallest absolute Gasteiger partial charge is 0.281 e. The summed E-state index contributed by atoms with van der Waals surface area (Å²) in [7, 11) is 0. The molecule has 0 radical (unpaired) electrons. The van der Waals surface area contributed by atoms with Crippen molar-refractivity contribution in [1.82, 2.24) is 19.2 Å². The van der Waals surface area contributed by atoms with E-state index in [-0.39, 0.29) is 17.5 Å². The molecule has 2 aromatic heterocycles. The van der Waals surface area contributed by atoms with Gasteiger partial charge in [-0.25, -0.2) is 9.50 Å². The summed E-state index contributed by atoms with van der Waals surface area (Å²) >= 11 is 0. The van der Waals surface area contributed by atoms with Gasteiger partial charge in [-0.3, -0.25) is 9.36 Å². The van der Waals surface area contributed by atoms with Gasteiger partial charge < -0.3 is 10.1 Å². The van der Waals surface area contributed by atoms with Crippen LogP contribution in [0.4, 0.5) is 5.95 Å².